The molecule has 4 N–H and O–H groups in total. The molecule has 0 aliphatic heterocycles. The number of aliphatic hydroxyl groups excluding tert-OH is 2. The van der Waals surface area contributed by atoms with Crippen LogP contribution in [0.15, 0.2) is 0 Å². The van der Waals surface area contributed by atoms with Crippen LogP contribution in [0.1, 0.15) is 58.8 Å². The third-order valence-electron chi connectivity index (χ3n) is 3.88. The molecule has 0 spiro atoms. The van der Waals surface area contributed by atoms with Crippen molar-refractivity contribution in [1.82, 2.24) is 0 Å². The molecule has 3 nitrogen and oxygen atoms in total. The van der Waals surface area contributed by atoms with Crippen LogP contribution in [-0.4, -0.2) is 28.5 Å². The lowest BCUT2D eigenvalue weighted by Gasteiger charge is -2.29. The van der Waals surface area contributed by atoms with Crippen LogP contribution in [0.5, 0.6) is 0 Å². The first-order valence-electron chi connectivity index (χ1n) is 7.12. The van der Waals surface area contributed by atoms with Gasteiger partial charge in [0.2, 0.25) is 0 Å². The Balaban J connectivity index is 2.31. The first-order valence-corrected chi connectivity index (χ1v) is 7.12. The molecule has 0 aromatic carbocycles. The molecule has 102 valence electrons. The Morgan fingerprint density at radius 1 is 1.12 bits per heavy atom. The SMILES string of the molecule is CC(C)C[C@@H](O)[C@@H](O)[C@H](N)CC1CCCCC1. The second-order valence-corrected chi connectivity index (χ2v) is 6.09. The van der Waals surface area contributed by atoms with E-state index in [4.69, 9.17) is 5.73 Å². The summed E-state index contributed by atoms with van der Waals surface area (Å²) in [5, 5.41) is 19.8. The molecule has 1 fully saturated rings. The molecule has 3 heteroatoms. The molecule has 0 heterocycles. The van der Waals surface area contributed by atoms with Crippen molar-refractivity contribution in [3.63, 3.8) is 0 Å². The van der Waals surface area contributed by atoms with Gasteiger partial charge >= 0.3 is 0 Å². The Hall–Kier alpha value is -0.120. The highest BCUT2D eigenvalue weighted by molar-refractivity contribution is 4.82. The summed E-state index contributed by atoms with van der Waals surface area (Å²) in [5.74, 6) is 1.04. The molecule has 0 radical (unpaired) electrons. The first-order chi connectivity index (χ1) is 8.00. The number of nitrogens with two attached hydrogens (primary N) is 1. The van der Waals surface area contributed by atoms with Crippen LogP contribution in [0.2, 0.25) is 0 Å². The summed E-state index contributed by atoms with van der Waals surface area (Å²) in [5.41, 5.74) is 6.01. The minimum absolute atomic E-state index is 0.271. The molecule has 0 aromatic heterocycles. The summed E-state index contributed by atoms with van der Waals surface area (Å²) in [6.45, 7) is 4.09. The average Bonchev–Trinajstić information content (AvgIpc) is 2.28. The highest BCUT2D eigenvalue weighted by atomic mass is 16.3. The van der Waals surface area contributed by atoms with E-state index >= 15 is 0 Å². The van der Waals surface area contributed by atoms with Gasteiger partial charge in [-0.25, -0.2) is 0 Å². The minimum Gasteiger partial charge on any atom is -0.390 e. The maximum Gasteiger partial charge on any atom is 0.0949 e. The van der Waals surface area contributed by atoms with Crippen molar-refractivity contribution in [2.45, 2.75) is 77.0 Å². The van der Waals surface area contributed by atoms with Crippen molar-refractivity contribution in [1.29, 1.82) is 0 Å². The van der Waals surface area contributed by atoms with Gasteiger partial charge in [0.05, 0.1) is 12.2 Å². The van der Waals surface area contributed by atoms with E-state index in [0.29, 0.717) is 18.3 Å². The number of aliphatic hydroxyl groups is 2. The topological polar surface area (TPSA) is 66.5 Å². The van der Waals surface area contributed by atoms with Crippen LogP contribution in [0.4, 0.5) is 0 Å². The molecule has 0 aromatic rings. The highest BCUT2D eigenvalue weighted by Gasteiger charge is 2.26. The maximum atomic E-state index is 9.99. The van der Waals surface area contributed by atoms with Gasteiger partial charge in [-0.1, -0.05) is 46.0 Å². The molecule has 1 aliphatic carbocycles. The van der Waals surface area contributed by atoms with Crippen molar-refractivity contribution in [2.75, 3.05) is 0 Å². The fourth-order valence-electron chi connectivity index (χ4n) is 2.85. The van der Waals surface area contributed by atoms with E-state index in [2.05, 4.69) is 0 Å². The Labute approximate surface area is 105 Å². The predicted octanol–water partition coefficient (Wildman–Crippen LogP) is 2.05. The lowest BCUT2D eigenvalue weighted by Crippen LogP contribution is -2.44. The molecule has 0 bridgehead atoms. The lowest BCUT2D eigenvalue weighted by molar-refractivity contribution is -0.0117. The van der Waals surface area contributed by atoms with Gasteiger partial charge in [-0.05, 0) is 24.7 Å². The molecule has 0 amide bonds. The normalized spacial score (nSPS) is 23.6. The minimum atomic E-state index is -0.765. The molecular weight excluding hydrogens is 214 g/mol. The van der Waals surface area contributed by atoms with Crippen LogP contribution in [0.25, 0.3) is 0 Å². The van der Waals surface area contributed by atoms with Crippen molar-refractivity contribution in [3.8, 4) is 0 Å². The number of hydrogen-bond acceptors (Lipinski definition) is 3. The van der Waals surface area contributed by atoms with Gasteiger partial charge in [0.25, 0.3) is 0 Å². The van der Waals surface area contributed by atoms with E-state index in [0.717, 1.165) is 6.42 Å². The first kappa shape index (κ1) is 14.9. The van der Waals surface area contributed by atoms with Crippen LogP contribution >= 0.6 is 0 Å². The molecule has 1 rings (SSSR count). The monoisotopic (exact) mass is 243 g/mol. The summed E-state index contributed by atoms with van der Waals surface area (Å²) < 4.78 is 0. The summed E-state index contributed by atoms with van der Waals surface area (Å²) >= 11 is 0. The summed E-state index contributed by atoms with van der Waals surface area (Å²) in [4.78, 5) is 0. The van der Waals surface area contributed by atoms with Gasteiger partial charge in [0, 0.05) is 6.04 Å². The van der Waals surface area contributed by atoms with E-state index in [9.17, 15) is 10.2 Å². The third kappa shape index (κ3) is 5.36. The van der Waals surface area contributed by atoms with Gasteiger partial charge in [-0.3, -0.25) is 0 Å². The molecule has 0 unspecified atom stereocenters. The van der Waals surface area contributed by atoms with Crippen LogP contribution in [0.3, 0.4) is 0 Å². The predicted molar refractivity (Wildman–Crippen MR) is 70.6 cm³/mol. The van der Waals surface area contributed by atoms with Crippen molar-refractivity contribution < 1.29 is 10.2 Å². The zero-order valence-corrected chi connectivity index (χ0v) is 11.3. The smallest absolute Gasteiger partial charge is 0.0949 e. The number of rotatable bonds is 6. The Kier molecular flexibility index (Phi) is 6.45. The third-order valence-corrected chi connectivity index (χ3v) is 3.88. The van der Waals surface area contributed by atoms with Crippen molar-refractivity contribution in [3.05, 3.63) is 0 Å². The van der Waals surface area contributed by atoms with Gasteiger partial charge < -0.3 is 15.9 Å². The van der Waals surface area contributed by atoms with Crippen LogP contribution < -0.4 is 5.73 Å². The van der Waals surface area contributed by atoms with Gasteiger partial charge in [-0.15, -0.1) is 0 Å². The van der Waals surface area contributed by atoms with E-state index < -0.39 is 12.2 Å². The molecule has 17 heavy (non-hydrogen) atoms. The van der Waals surface area contributed by atoms with Crippen molar-refractivity contribution >= 4 is 0 Å². The van der Waals surface area contributed by atoms with E-state index in [1.165, 1.54) is 32.1 Å². The largest absolute Gasteiger partial charge is 0.390 e. The molecular formula is C14H29NO2. The standard InChI is InChI=1S/C14H29NO2/c1-10(2)8-13(16)14(17)12(15)9-11-6-4-3-5-7-11/h10-14,16-17H,3-9,15H2,1-2H3/t12-,13-,14+/m1/s1. The maximum absolute atomic E-state index is 9.99. The van der Waals surface area contributed by atoms with Gasteiger partial charge in [0.15, 0.2) is 0 Å². The zero-order valence-electron chi connectivity index (χ0n) is 11.3. The molecule has 0 saturated heterocycles. The fraction of sp³-hybridized carbons (Fsp3) is 1.00. The zero-order chi connectivity index (χ0) is 12.8. The average molecular weight is 243 g/mol. The van der Waals surface area contributed by atoms with E-state index in [-0.39, 0.29) is 6.04 Å². The summed E-state index contributed by atoms with van der Waals surface area (Å²) in [6.07, 6.45) is 6.44. The quantitative estimate of drug-likeness (QED) is 0.669. The van der Waals surface area contributed by atoms with Gasteiger partial charge in [-0.2, -0.15) is 0 Å². The molecule has 1 saturated carbocycles. The van der Waals surface area contributed by atoms with Crippen molar-refractivity contribution in [2.24, 2.45) is 17.6 Å². The summed E-state index contributed by atoms with van der Waals surface area (Å²) in [6, 6.07) is -0.271. The Morgan fingerprint density at radius 3 is 2.24 bits per heavy atom. The Morgan fingerprint density at radius 2 is 1.71 bits per heavy atom. The summed E-state index contributed by atoms with van der Waals surface area (Å²) in [7, 11) is 0. The molecule has 3 atom stereocenters. The number of hydrogen-bond donors (Lipinski definition) is 3. The fourth-order valence-corrected chi connectivity index (χ4v) is 2.85. The van der Waals surface area contributed by atoms with E-state index in [1.807, 2.05) is 13.8 Å². The lowest BCUT2D eigenvalue weighted by atomic mass is 9.83. The van der Waals surface area contributed by atoms with E-state index in [1.54, 1.807) is 0 Å². The Bertz CT molecular complexity index is 202. The van der Waals surface area contributed by atoms with Crippen LogP contribution in [0, 0.1) is 11.8 Å². The molecule has 1 aliphatic rings. The highest BCUT2D eigenvalue weighted by Crippen LogP contribution is 2.28. The second kappa shape index (κ2) is 7.34. The van der Waals surface area contributed by atoms with Crippen LogP contribution in [-0.2, 0) is 0 Å². The second-order valence-electron chi connectivity index (χ2n) is 6.09. The van der Waals surface area contributed by atoms with Gasteiger partial charge in [0.1, 0.15) is 0 Å².